The van der Waals surface area contributed by atoms with E-state index in [0.717, 1.165) is 77.8 Å². The zero-order valence-electron chi connectivity index (χ0n) is 21.2. The average molecular weight is 451 g/mol. The first-order chi connectivity index (χ1) is 15.7. The summed E-state index contributed by atoms with van der Waals surface area (Å²) in [6, 6.07) is 0. The third-order valence-electron chi connectivity index (χ3n) is 5.68. The Hall–Kier alpha value is -1.17. The van der Waals surface area contributed by atoms with Crippen LogP contribution in [0.25, 0.3) is 0 Å². The molecule has 5 nitrogen and oxygen atoms in total. The fraction of sp³-hybridized carbons (Fsp3) is 0.815. The van der Waals surface area contributed by atoms with Crippen LogP contribution in [0.4, 0.5) is 0 Å². The number of allylic oxidation sites excluding steroid dienone is 4. The molecule has 0 aromatic heterocycles. The molecule has 0 aliphatic heterocycles. The van der Waals surface area contributed by atoms with Crippen LogP contribution in [-0.4, -0.2) is 50.1 Å². The van der Waals surface area contributed by atoms with Gasteiger partial charge in [-0.15, -0.1) is 0 Å². The Morgan fingerprint density at radius 2 is 1.28 bits per heavy atom. The van der Waals surface area contributed by atoms with Gasteiger partial charge in [-0.05, 0) is 90.5 Å². The van der Waals surface area contributed by atoms with Crippen molar-refractivity contribution in [1.29, 1.82) is 0 Å². The maximum Gasteiger partial charge on any atom is 0.219 e. The summed E-state index contributed by atoms with van der Waals surface area (Å²) in [6.07, 6.45) is 26.2. The number of carbonyl (C=O) groups excluding carboxylic acids is 1. The standard InChI is InChI=1S/C27H54N4O/c1-2-3-4-5-6-7-8-9-10-11-12-13-14-15-16-20-27(32)30-23-19-26-31(24-17-21-28)25-18-22-29/h6-7,9-10H,2-5,8,11-26,28-29H2,1H3,(H,30,32)/b7-6-,10-9-. The van der Waals surface area contributed by atoms with Gasteiger partial charge in [-0.3, -0.25) is 4.79 Å². The number of amides is 1. The lowest BCUT2D eigenvalue weighted by Gasteiger charge is -2.21. The van der Waals surface area contributed by atoms with E-state index in [1.807, 2.05) is 0 Å². The summed E-state index contributed by atoms with van der Waals surface area (Å²) in [5.74, 6) is 0.200. The smallest absolute Gasteiger partial charge is 0.219 e. The van der Waals surface area contributed by atoms with Crippen molar-refractivity contribution in [2.45, 2.75) is 103 Å². The summed E-state index contributed by atoms with van der Waals surface area (Å²) in [4.78, 5) is 14.4. The van der Waals surface area contributed by atoms with Crippen LogP contribution in [0.1, 0.15) is 103 Å². The quantitative estimate of drug-likeness (QED) is 0.137. The maximum atomic E-state index is 12.0. The van der Waals surface area contributed by atoms with E-state index in [0.29, 0.717) is 6.42 Å². The Morgan fingerprint density at radius 3 is 1.91 bits per heavy atom. The Morgan fingerprint density at radius 1 is 0.719 bits per heavy atom. The molecule has 0 saturated heterocycles. The van der Waals surface area contributed by atoms with E-state index in [4.69, 9.17) is 11.5 Å². The monoisotopic (exact) mass is 450 g/mol. The highest BCUT2D eigenvalue weighted by molar-refractivity contribution is 5.75. The van der Waals surface area contributed by atoms with E-state index in [1.54, 1.807) is 0 Å². The van der Waals surface area contributed by atoms with Crippen LogP contribution >= 0.6 is 0 Å². The summed E-state index contributed by atoms with van der Waals surface area (Å²) in [5, 5.41) is 3.07. The minimum Gasteiger partial charge on any atom is -0.356 e. The maximum absolute atomic E-state index is 12.0. The number of nitrogens with one attached hydrogen (secondary N) is 1. The Kier molecular flexibility index (Phi) is 25.1. The number of nitrogens with zero attached hydrogens (tertiary/aromatic N) is 1. The molecule has 0 spiro atoms. The van der Waals surface area contributed by atoms with Crippen LogP contribution in [0.2, 0.25) is 0 Å². The van der Waals surface area contributed by atoms with Crippen LogP contribution in [0.5, 0.6) is 0 Å². The summed E-state index contributed by atoms with van der Waals surface area (Å²) >= 11 is 0. The molecular formula is C27H54N4O. The van der Waals surface area contributed by atoms with Gasteiger partial charge in [-0.2, -0.15) is 0 Å². The van der Waals surface area contributed by atoms with Crippen molar-refractivity contribution in [1.82, 2.24) is 10.2 Å². The number of carbonyl (C=O) groups is 1. The predicted octanol–water partition coefficient (Wildman–Crippen LogP) is 5.31. The van der Waals surface area contributed by atoms with Gasteiger partial charge >= 0.3 is 0 Å². The number of rotatable bonds is 24. The molecule has 0 atom stereocenters. The topological polar surface area (TPSA) is 84.4 Å². The van der Waals surface area contributed by atoms with Gasteiger partial charge in [-0.25, -0.2) is 0 Å². The van der Waals surface area contributed by atoms with Crippen molar-refractivity contribution in [2.24, 2.45) is 11.5 Å². The molecule has 0 saturated carbocycles. The van der Waals surface area contributed by atoms with E-state index in [2.05, 4.69) is 41.4 Å². The molecule has 0 aromatic carbocycles. The van der Waals surface area contributed by atoms with E-state index in [1.165, 1.54) is 51.4 Å². The largest absolute Gasteiger partial charge is 0.356 e. The van der Waals surface area contributed by atoms with Crippen molar-refractivity contribution in [2.75, 3.05) is 39.3 Å². The number of nitrogens with two attached hydrogens (primary N) is 2. The molecule has 5 N–H and O–H groups in total. The zero-order chi connectivity index (χ0) is 23.5. The Bertz CT molecular complexity index is 443. The first-order valence-corrected chi connectivity index (χ1v) is 13.4. The fourth-order valence-corrected chi connectivity index (χ4v) is 3.68. The number of hydrogen-bond donors (Lipinski definition) is 3. The molecule has 5 heteroatoms. The molecule has 32 heavy (non-hydrogen) atoms. The van der Waals surface area contributed by atoms with Gasteiger partial charge in [-0.1, -0.05) is 63.3 Å². The predicted molar refractivity (Wildman–Crippen MR) is 141 cm³/mol. The lowest BCUT2D eigenvalue weighted by molar-refractivity contribution is -0.121. The van der Waals surface area contributed by atoms with Crippen molar-refractivity contribution >= 4 is 5.91 Å². The van der Waals surface area contributed by atoms with Gasteiger partial charge in [0.05, 0.1) is 0 Å². The highest BCUT2D eigenvalue weighted by Gasteiger charge is 2.05. The van der Waals surface area contributed by atoms with Crippen LogP contribution in [0, 0.1) is 0 Å². The summed E-state index contributed by atoms with van der Waals surface area (Å²) in [6.45, 7) is 7.52. The molecule has 0 rings (SSSR count). The summed E-state index contributed by atoms with van der Waals surface area (Å²) in [5.41, 5.74) is 11.2. The summed E-state index contributed by atoms with van der Waals surface area (Å²) in [7, 11) is 0. The lowest BCUT2D eigenvalue weighted by Crippen LogP contribution is -2.32. The molecule has 0 unspecified atom stereocenters. The fourth-order valence-electron chi connectivity index (χ4n) is 3.68. The van der Waals surface area contributed by atoms with E-state index in [9.17, 15) is 4.79 Å². The van der Waals surface area contributed by atoms with Gasteiger partial charge in [0, 0.05) is 13.0 Å². The highest BCUT2D eigenvalue weighted by Crippen LogP contribution is 2.08. The van der Waals surface area contributed by atoms with Gasteiger partial charge in [0.2, 0.25) is 5.91 Å². The Balaban J connectivity index is 3.49. The zero-order valence-corrected chi connectivity index (χ0v) is 21.2. The third-order valence-corrected chi connectivity index (χ3v) is 5.68. The molecule has 0 bridgehead atoms. The number of hydrogen-bond acceptors (Lipinski definition) is 4. The van der Waals surface area contributed by atoms with Crippen molar-refractivity contribution < 1.29 is 4.79 Å². The van der Waals surface area contributed by atoms with E-state index >= 15 is 0 Å². The minimum atomic E-state index is 0.200. The van der Waals surface area contributed by atoms with Crippen LogP contribution < -0.4 is 16.8 Å². The highest BCUT2D eigenvalue weighted by atomic mass is 16.1. The van der Waals surface area contributed by atoms with Crippen LogP contribution in [0.3, 0.4) is 0 Å². The van der Waals surface area contributed by atoms with Crippen LogP contribution in [0.15, 0.2) is 24.3 Å². The molecule has 0 fully saturated rings. The van der Waals surface area contributed by atoms with E-state index in [-0.39, 0.29) is 5.91 Å². The van der Waals surface area contributed by atoms with E-state index < -0.39 is 0 Å². The second-order valence-corrected chi connectivity index (χ2v) is 8.81. The second-order valence-electron chi connectivity index (χ2n) is 8.81. The summed E-state index contributed by atoms with van der Waals surface area (Å²) < 4.78 is 0. The van der Waals surface area contributed by atoms with Gasteiger partial charge in [0.25, 0.3) is 0 Å². The molecule has 188 valence electrons. The number of unbranched alkanes of at least 4 members (excludes halogenated alkanes) is 8. The second kappa shape index (κ2) is 26.1. The van der Waals surface area contributed by atoms with Gasteiger partial charge < -0.3 is 21.7 Å². The van der Waals surface area contributed by atoms with Crippen molar-refractivity contribution in [3.05, 3.63) is 24.3 Å². The molecule has 0 aliphatic rings. The minimum absolute atomic E-state index is 0.200. The average Bonchev–Trinajstić information content (AvgIpc) is 2.80. The molecule has 0 radical (unpaired) electrons. The van der Waals surface area contributed by atoms with Crippen LogP contribution in [-0.2, 0) is 4.79 Å². The third kappa shape index (κ3) is 23.5. The molecular weight excluding hydrogens is 396 g/mol. The first-order valence-electron chi connectivity index (χ1n) is 13.4. The first kappa shape index (κ1) is 30.8. The molecule has 0 heterocycles. The SMILES string of the molecule is CCCCC/C=C\C/C=C\CCCCCCCC(=O)NCCCN(CCCN)CCCN. The van der Waals surface area contributed by atoms with Gasteiger partial charge in [0.1, 0.15) is 0 Å². The van der Waals surface area contributed by atoms with Crippen molar-refractivity contribution in [3.63, 3.8) is 0 Å². The molecule has 1 amide bonds. The van der Waals surface area contributed by atoms with Crippen molar-refractivity contribution in [3.8, 4) is 0 Å². The molecule has 0 aromatic rings. The lowest BCUT2D eigenvalue weighted by atomic mass is 10.1. The normalized spacial score (nSPS) is 11.9. The Labute approximate surface area is 199 Å². The van der Waals surface area contributed by atoms with Gasteiger partial charge in [0.15, 0.2) is 0 Å². The molecule has 0 aliphatic carbocycles.